The van der Waals surface area contributed by atoms with E-state index in [9.17, 15) is 14.7 Å². The average Bonchev–Trinajstić information content (AvgIpc) is 3.00. The number of likely N-dealkylation sites (tertiary alicyclic amines) is 1. The summed E-state index contributed by atoms with van der Waals surface area (Å²) in [6, 6.07) is 12.3. The Morgan fingerprint density at radius 3 is 2.56 bits per heavy atom. The molecule has 1 amide bonds. The topological polar surface area (TPSA) is 76.1 Å². The summed E-state index contributed by atoms with van der Waals surface area (Å²) < 4.78 is 11.0. The molecule has 1 aliphatic heterocycles. The van der Waals surface area contributed by atoms with Crippen molar-refractivity contribution in [1.82, 2.24) is 4.90 Å². The lowest BCUT2D eigenvalue weighted by atomic mass is 9.93. The van der Waals surface area contributed by atoms with Crippen LogP contribution < -0.4 is 4.74 Å². The fraction of sp³-hybridized carbons (Fsp3) is 0.385. The fourth-order valence-electron chi connectivity index (χ4n) is 4.00. The molecule has 1 aliphatic rings. The molecule has 32 heavy (non-hydrogen) atoms. The molecule has 2 aromatic carbocycles. The van der Waals surface area contributed by atoms with E-state index in [1.165, 1.54) is 4.90 Å². The molecule has 0 bridgehead atoms. The largest absolute Gasteiger partial charge is 0.507 e. The van der Waals surface area contributed by atoms with Gasteiger partial charge in [-0.05, 0) is 63.4 Å². The van der Waals surface area contributed by atoms with Crippen molar-refractivity contribution in [3.05, 3.63) is 70.3 Å². The van der Waals surface area contributed by atoms with E-state index in [4.69, 9.17) is 9.47 Å². The third kappa shape index (κ3) is 4.86. The lowest BCUT2D eigenvalue weighted by Gasteiger charge is -2.26. The highest BCUT2D eigenvalue weighted by Crippen LogP contribution is 2.40. The Bertz CT molecular complexity index is 1040. The van der Waals surface area contributed by atoms with Gasteiger partial charge in [-0.25, -0.2) is 0 Å². The third-order valence-corrected chi connectivity index (χ3v) is 5.48. The Balaban J connectivity index is 2.16. The number of carbonyl (C=O) groups excluding carboxylic acids is 2. The molecule has 1 atom stereocenters. The summed E-state index contributed by atoms with van der Waals surface area (Å²) >= 11 is 0. The molecule has 3 rings (SSSR count). The first kappa shape index (κ1) is 23.5. The zero-order chi connectivity index (χ0) is 23.4. The number of aliphatic hydroxyl groups is 1. The molecule has 1 heterocycles. The Morgan fingerprint density at radius 1 is 1.12 bits per heavy atom. The van der Waals surface area contributed by atoms with Crippen LogP contribution in [-0.2, 0) is 14.3 Å². The monoisotopic (exact) mass is 437 g/mol. The number of Topliss-reactive ketones (excluding diaryl/α,β-unsaturated/α-hetero) is 1. The van der Waals surface area contributed by atoms with Crippen molar-refractivity contribution in [3.8, 4) is 5.75 Å². The number of rotatable bonds is 8. The van der Waals surface area contributed by atoms with Crippen LogP contribution >= 0.6 is 0 Å². The molecule has 1 saturated heterocycles. The Kier molecular flexibility index (Phi) is 7.36. The average molecular weight is 438 g/mol. The number of hydrogen-bond donors (Lipinski definition) is 1. The second-order valence-corrected chi connectivity index (χ2v) is 8.40. The van der Waals surface area contributed by atoms with Crippen molar-refractivity contribution in [2.24, 2.45) is 0 Å². The number of benzene rings is 2. The summed E-state index contributed by atoms with van der Waals surface area (Å²) in [6.07, 6.45) is 0.555. The molecule has 0 saturated carbocycles. The molecule has 0 aromatic heterocycles. The van der Waals surface area contributed by atoms with Gasteiger partial charge >= 0.3 is 0 Å². The molecular weight excluding hydrogens is 406 g/mol. The van der Waals surface area contributed by atoms with Crippen molar-refractivity contribution in [3.63, 3.8) is 0 Å². The van der Waals surface area contributed by atoms with Gasteiger partial charge in [0.2, 0.25) is 0 Å². The van der Waals surface area contributed by atoms with Gasteiger partial charge in [0.05, 0.1) is 17.7 Å². The van der Waals surface area contributed by atoms with Gasteiger partial charge in [0.15, 0.2) is 0 Å². The van der Waals surface area contributed by atoms with Gasteiger partial charge in [-0.2, -0.15) is 0 Å². The van der Waals surface area contributed by atoms with Crippen LogP contribution in [0.4, 0.5) is 0 Å². The first-order valence-electron chi connectivity index (χ1n) is 10.9. The number of hydrogen-bond acceptors (Lipinski definition) is 5. The predicted molar refractivity (Wildman–Crippen MR) is 124 cm³/mol. The summed E-state index contributed by atoms with van der Waals surface area (Å²) in [6.45, 7) is 8.46. The number of methoxy groups -OCH3 is 1. The van der Waals surface area contributed by atoms with Crippen LogP contribution in [0.5, 0.6) is 5.75 Å². The minimum absolute atomic E-state index is 0.0201. The molecular formula is C26H31NO5. The van der Waals surface area contributed by atoms with Gasteiger partial charge < -0.3 is 19.5 Å². The fourth-order valence-corrected chi connectivity index (χ4v) is 4.00. The highest BCUT2D eigenvalue weighted by atomic mass is 16.5. The van der Waals surface area contributed by atoms with Crippen LogP contribution in [0.2, 0.25) is 0 Å². The maximum Gasteiger partial charge on any atom is 0.295 e. The molecule has 0 aliphatic carbocycles. The van der Waals surface area contributed by atoms with Crippen molar-refractivity contribution in [2.75, 3.05) is 20.3 Å². The van der Waals surface area contributed by atoms with Crippen molar-refractivity contribution in [1.29, 1.82) is 0 Å². The van der Waals surface area contributed by atoms with Crippen LogP contribution in [0.1, 0.15) is 48.6 Å². The summed E-state index contributed by atoms with van der Waals surface area (Å²) in [7, 11) is 1.60. The van der Waals surface area contributed by atoms with Crippen molar-refractivity contribution >= 4 is 17.4 Å². The standard InChI is InChI=1S/C26H31NO5/c1-16(2)32-20-9-6-8-19(15-20)23-22(24(28)21-14-17(3)10-11-18(21)4)25(29)26(30)27(23)12-7-13-31-5/h6,8-11,14-16,23,28H,7,12-13H2,1-5H3/b24-22+. The quantitative estimate of drug-likeness (QED) is 0.284. The van der Waals surface area contributed by atoms with E-state index < -0.39 is 17.7 Å². The summed E-state index contributed by atoms with van der Waals surface area (Å²) in [4.78, 5) is 27.7. The molecule has 1 unspecified atom stereocenters. The number of ether oxygens (including phenoxy) is 2. The lowest BCUT2D eigenvalue weighted by Crippen LogP contribution is -2.31. The van der Waals surface area contributed by atoms with E-state index in [-0.39, 0.29) is 17.4 Å². The molecule has 6 heteroatoms. The minimum Gasteiger partial charge on any atom is -0.507 e. The third-order valence-electron chi connectivity index (χ3n) is 5.48. The van der Waals surface area contributed by atoms with E-state index in [1.807, 2.05) is 70.2 Å². The van der Waals surface area contributed by atoms with Gasteiger partial charge in [0.1, 0.15) is 11.5 Å². The number of nitrogens with zero attached hydrogens (tertiary/aromatic N) is 1. The highest BCUT2D eigenvalue weighted by molar-refractivity contribution is 6.46. The normalized spacial score (nSPS) is 17.9. The molecule has 0 spiro atoms. The van der Waals surface area contributed by atoms with Crippen LogP contribution in [0.15, 0.2) is 48.0 Å². The van der Waals surface area contributed by atoms with Crippen LogP contribution in [0.3, 0.4) is 0 Å². The minimum atomic E-state index is -0.706. The van der Waals surface area contributed by atoms with Crippen LogP contribution in [0, 0.1) is 13.8 Å². The number of aliphatic hydroxyl groups excluding tert-OH is 1. The SMILES string of the molecule is COCCCN1C(=O)C(=O)/C(=C(/O)c2cc(C)ccc2C)C1c1cccc(OC(C)C)c1. The molecule has 0 radical (unpaired) electrons. The number of carbonyl (C=O) groups is 2. The first-order valence-corrected chi connectivity index (χ1v) is 10.9. The predicted octanol–water partition coefficient (Wildman–Crippen LogP) is 4.55. The van der Waals surface area contributed by atoms with Gasteiger partial charge in [-0.3, -0.25) is 9.59 Å². The van der Waals surface area contributed by atoms with Gasteiger partial charge in [-0.1, -0.05) is 29.8 Å². The van der Waals surface area contributed by atoms with Gasteiger partial charge in [0, 0.05) is 25.8 Å². The maximum atomic E-state index is 13.1. The highest BCUT2D eigenvalue weighted by Gasteiger charge is 2.46. The second-order valence-electron chi connectivity index (χ2n) is 8.40. The second kappa shape index (κ2) is 10.0. The summed E-state index contributed by atoms with van der Waals surface area (Å²) in [5.41, 5.74) is 3.15. The van der Waals surface area contributed by atoms with Crippen molar-refractivity contribution in [2.45, 2.75) is 46.3 Å². The van der Waals surface area contributed by atoms with Gasteiger partial charge in [0.25, 0.3) is 11.7 Å². The smallest absolute Gasteiger partial charge is 0.295 e. The number of aryl methyl sites for hydroxylation is 2. The molecule has 170 valence electrons. The maximum absolute atomic E-state index is 13.1. The Hall–Kier alpha value is -3.12. The van der Waals surface area contributed by atoms with Crippen LogP contribution in [0.25, 0.3) is 5.76 Å². The Labute approximate surface area is 189 Å². The van der Waals surface area contributed by atoms with Crippen LogP contribution in [-0.4, -0.2) is 48.1 Å². The Morgan fingerprint density at radius 2 is 1.88 bits per heavy atom. The first-order chi connectivity index (χ1) is 15.2. The molecule has 1 N–H and O–H groups in total. The van der Waals surface area contributed by atoms with Crippen molar-refractivity contribution < 1.29 is 24.2 Å². The van der Waals surface area contributed by atoms with E-state index in [0.29, 0.717) is 36.4 Å². The molecule has 6 nitrogen and oxygen atoms in total. The van der Waals surface area contributed by atoms with E-state index in [1.54, 1.807) is 7.11 Å². The van der Waals surface area contributed by atoms with E-state index in [2.05, 4.69) is 0 Å². The zero-order valence-electron chi connectivity index (χ0n) is 19.3. The number of amides is 1. The van der Waals surface area contributed by atoms with E-state index >= 15 is 0 Å². The molecule has 2 aromatic rings. The molecule has 1 fully saturated rings. The zero-order valence-corrected chi connectivity index (χ0v) is 19.3. The number of ketones is 1. The summed E-state index contributed by atoms with van der Waals surface area (Å²) in [5.74, 6) is -0.806. The summed E-state index contributed by atoms with van der Waals surface area (Å²) in [5, 5.41) is 11.3. The van der Waals surface area contributed by atoms with Gasteiger partial charge in [-0.15, -0.1) is 0 Å². The van der Waals surface area contributed by atoms with E-state index in [0.717, 1.165) is 11.1 Å². The lowest BCUT2D eigenvalue weighted by molar-refractivity contribution is -0.140.